The number of carbonyl (C=O) groups is 2. The van der Waals surface area contributed by atoms with Crippen molar-refractivity contribution < 1.29 is 18.4 Å². The molecule has 6 aromatic rings. The van der Waals surface area contributed by atoms with Gasteiger partial charge in [0.2, 0.25) is 11.1 Å². The molecule has 15 heteroatoms. The highest BCUT2D eigenvalue weighted by Crippen LogP contribution is 2.24. The van der Waals surface area contributed by atoms with Crippen LogP contribution in [0.25, 0.3) is 22.1 Å². The summed E-state index contributed by atoms with van der Waals surface area (Å²) in [6, 6.07) is 17.1. The molecule has 0 unspecified atom stereocenters. The summed E-state index contributed by atoms with van der Waals surface area (Å²) >= 11 is 4.71. The Balaban J connectivity index is 0.000000174. The number of likely N-dealkylation sites (tertiary alicyclic amines) is 1. The number of H-pyrrole nitrogens is 2. The van der Waals surface area contributed by atoms with Gasteiger partial charge in [0.05, 0.1) is 33.3 Å². The molecule has 0 saturated carbocycles. The molecular formula is C42H37ClF2N10O2. The molecule has 2 aliphatic rings. The number of carbonyl (C=O) groups excluding carboxylic acids is 2. The number of benzene rings is 2. The maximum Gasteiger partial charge on any atom is 0.246 e. The molecule has 0 aliphatic carbocycles. The van der Waals surface area contributed by atoms with E-state index in [2.05, 4.69) is 82.7 Å². The van der Waals surface area contributed by atoms with Gasteiger partial charge in [-0.15, -0.1) is 0 Å². The Labute approximate surface area is 332 Å². The van der Waals surface area contributed by atoms with Gasteiger partial charge in [-0.1, -0.05) is 49.3 Å². The number of aromatic amines is 2. The number of anilines is 2. The van der Waals surface area contributed by atoms with E-state index < -0.39 is 5.24 Å². The minimum atomic E-state index is -0.509. The first-order valence-corrected chi connectivity index (χ1v) is 18.3. The van der Waals surface area contributed by atoms with Gasteiger partial charge in [-0.2, -0.15) is 0 Å². The average molecular weight is 787 g/mol. The van der Waals surface area contributed by atoms with Crippen molar-refractivity contribution in [1.82, 2.24) is 40.1 Å². The first kappa shape index (κ1) is 39.8. The molecule has 0 radical (unpaired) electrons. The largest absolute Gasteiger partial charge is 0.365 e. The van der Waals surface area contributed by atoms with Crippen molar-refractivity contribution in [3.8, 4) is 23.7 Å². The van der Waals surface area contributed by atoms with E-state index in [1.165, 1.54) is 30.9 Å². The summed E-state index contributed by atoms with van der Waals surface area (Å²) in [5.41, 5.74) is 3.38. The molecule has 2 fully saturated rings. The Kier molecular flexibility index (Phi) is 13.4. The highest BCUT2D eigenvalue weighted by molar-refractivity contribution is 6.66. The predicted molar refractivity (Wildman–Crippen MR) is 217 cm³/mol. The summed E-state index contributed by atoms with van der Waals surface area (Å²) in [7, 11) is 0. The number of hydrogen-bond acceptors (Lipinski definition) is 9. The summed E-state index contributed by atoms with van der Waals surface area (Å²) in [5.74, 6) is 12.3. The van der Waals surface area contributed by atoms with Gasteiger partial charge in [-0.3, -0.25) is 9.59 Å². The Morgan fingerprint density at radius 1 is 0.772 bits per heavy atom. The third-order valence-electron chi connectivity index (χ3n) is 8.84. The lowest BCUT2D eigenvalue weighted by Gasteiger charge is -2.15. The number of allylic oxidation sites excluding steroid dienone is 1. The smallest absolute Gasteiger partial charge is 0.246 e. The van der Waals surface area contributed by atoms with Crippen LogP contribution in [-0.2, 0) is 9.59 Å². The van der Waals surface area contributed by atoms with Gasteiger partial charge in [0.15, 0.2) is 0 Å². The molecule has 2 saturated heterocycles. The zero-order valence-electron chi connectivity index (χ0n) is 30.6. The molecule has 288 valence electrons. The van der Waals surface area contributed by atoms with Gasteiger partial charge in [0.1, 0.15) is 47.2 Å². The second-order valence-corrected chi connectivity index (χ2v) is 13.1. The minimum Gasteiger partial charge on any atom is -0.365 e. The second-order valence-electron chi connectivity index (χ2n) is 12.8. The monoisotopic (exact) mass is 786 g/mol. The van der Waals surface area contributed by atoms with Gasteiger partial charge in [-0.25, -0.2) is 28.7 Å². The van der Waals surface area contributed by atoms with E-state index >= 15 is 0 Å². The summed E-state index contributed by atoms with van der Waals surface area (Å²) in [5, 5.41) is 11.3. The normalized spacial score (nSPS) is 15.5. The second kappa shape index (κ2) is 19.1. The number of amides is 1. The Bertz CT molecular complexity index is 2540. The molecule has 8 rings (SSSR count). The number of nitrogens with zero attached hydrogens (tertiary/aromatic N) is 5. The van der Waals surface area contributed by atoms with Gasteiger partial charge in [0, 0.05) is 31.7 Å². The van der Waals surface area contributed by atoms with Crippen LogP contribution in [0.15, 0.2) is 98.6 Å². The highest BCUT2D eigenvalue weighted by Gasteiger charge is 2.25. The Morgan fingerprint density at radius 3 is 1.77 bits per heavy atom. The minimum absolute atomic E-state index is 0.0653. The Morgan fingerprint density at radius 2 is 1.30 bits per heavy atom. The standard InChI is InChI=1S/C21H18FN5O.C18H16FN5.C3H3ClO/c1-2-19(28)27-10-9-16(12-27)26-21-17-11-15(25-20(17)23-13-24-21)8-7-14-5-3-4-6-18(14)22;19-16-4-2-1-3-12(16)5-6-13-9-15-17(23-13)21-11-22-18(15)24-14-7-8-20-10-14;1-2-3(4)5/h2-6,11,13,16H,1,9-10,12H2,(H2,23,24,25,26);1-4,9,11,14,20H,7-8,10H2,(H2,21,22,23,24);2H,1H2/t16-;14-;/m11./s1. The van der Waals surface area contributed by atoms with Crippen molar-refractivity contribution in [3.63, 3.8) is 0 Å². The van der Waals surface area contributed by atoms with E-state index in [1.807, 2.05) is 12.1 Å². The maximum atomic E-state index is 13.7. The van der Waals surface area contributed by atoms with E-state index in [-0.39, 0.29) is 23.6 Å². The molecule has 1 amide bonds. The molecule has 0 bridgehead atoms. The van der Waals surface area contributed by atoms with E-state index in [0.717, 1.165) is 54.2 Å². The quantitative estimate of drug-likeness (QED) is 0.0788. The average Bonchev–Trinajstić information content (AvgIpc) is 4.06. The van der Waals surface area contributed by atoms with E-state index in [0.29, 0.717) is 53.1 Å². The summed E-state index contributed by atoms with van der Waals surface area (Å²) in [6.45, 7) is 9.83. The number of fused-ring (bicyclic) bond motifs is 2. The molecule has 2 aliphatic heterocycles. The molecular weight excluding hydrogens is 750 g/mol. The SMILES string of the molecule is C=CC(=O)Cl.C=CC(=O)N1CC[C@@H](Nc2ncnc3[nH]c(C#Cc4ccccc4F)cc23)C1.Fc1ccccc1C#Cc1cc2c(N[C@@H]3CCNC3)ncnc2[nH]1. The third-order valence-corrected chi connectivity index (χ3v) is 8.99. The fraction of sp³-hybridized carbons (Fsp3) is 0.190. The number of nitrogens with one attached hydrogen (secondary N) is 5. The van der Waals surface area contributed by atoms with Crippen LogP contribution in [0.4, 0.5) is 20.4 Å². The van der Waals surface area contributed by atoms with E-state index in [1.54, 1.807) is 41.3 Å². The van der Waals surface area contributed by atoms with Crippen LogP contribution in [0.2, 0.25) is 0 Å². The van der Waals surface area contributed by atoms with Gasteiger partial charge in [-0.05, 0) is 91.4 Å². The third kappa shape index (κ3) is 10.7. The van der Waals surface area contributed by atoms with Crippen LogP contribution < -0.4 is 16.0 Å². The highest BCUT2D eigenvalue weighted by atomic mass is 35.5. The fourth-order valence-corrected chi connectivity index (χ4v) is 6.01. The summed E-state index contributed by atoms with van der Waals surface area (Å²) < 4.78 is 27.4. The summed E-state index contributed by atoms with van der Waals surface area (Å²) in [6.07, 6.45) is 7.26. The van der Waals surface area contributed by atoms with Gasteiger partial charge >= 0.3 is 0 Å². The zero-order valence-corrected chi connectivity index (χ0v) is 31.3. The van der Waals surface area contributed by atoms with Crippen molar-refractivity contribution in [3.05, 3.63) is 133 Å². The van der Waals surface area contributed by atoms with Crippen molar-refractivity contribution >= 4 is 56.5 Å². The zero-order chi connectivity index (χ0) is 40.1. The van der Waals surface area contributed by atoms with Gasteiger partial charge < -0.3 is 30.8 Å². The van der Waals surface area contributed by atoms with Crippen molar-refractivity contribution in [1.29, 1.82) is 0 Å². The molecule has 2 aromatic carbocycles. The van der Waals surface area contributed by atoms with E-state index in [9.17, 15) is 18.4 Å². The van der Waals surface area contributed by atoms with Crippen LogP contribution >= 0.6 is 11.6 Å². The lowest BCUT2D eigenvalue weighted by Crippen LogP contribution is -2.30. The number of halogens is 3. The number of hydrogen-bond donors (Lipinski definition) is 5. The van der Waals surface area contributed by atoms with Crippen LogP contribution in [0.5, 0.6) is 0 Å². The molecule has 57 heavy (non-hydrogen) atoms. The van der Waals surface area contributed by atoms with Crippen LogP contribution in [-0.4, -0.2) is 84.2 Å². The molecule has 4 aromatic heterocycles. The molecule has 6 heterocycles. The van der Waals surface area contributed by atoms with Crippen LogP contribution in [0, 0.1) is 35.3 Å². The fourth-order valence-electron chi connectivity index (χ4n) is 6.01. The lowest BCUT2D eigenvalue weighted by atomic mass is 10.2. The first-order chi connectivity index (χ1) is 27.7. The van der Waals surface area contributed by atoms with E-state index in [4.69, 9.17) is 11.6 Å². The van der Waals surface area contributed by atoms with Crippen molar-refractivity contribution in [2.24, 2.45) is 0 Å². The summed E-state index contributed by atoms with van der Waals surface area (Å²) in [4.78, 5) is 46.4. The lowest BCUT2D eigenvalue weighted by molar-refractivity contribution is -0.125. The van der Waals surface area contributed by atoms with Gasteiger partial charge in [0.25, 0.3) is 0 Å². The molecule has 2 atom stereocenters. The predicted octanol–water partition coefficient (Wildman–Crippen LogP) is 5.90. The first-order valence-electron chi connectivity index (χ1n) is 17.9. The molecule has 12 nitrogen and oxygen atoms in total. The van der Waals surface area contributed by atoms with Crippen LogP contribution in [0.3, 0.4) is 0 Å². The number of rotatable bonds is 6. The molecule has 5 N–H and O–H groups in total. The topological polar surface area (TPSA) is 157 Å². The number of aromatic nitrogens is 6. The van der Waals surface area contributed by atoms with Crippen molar-refractivity contribution in [2.45, 2.75) is 24.9 Å². The van der Waals surface area contributed by atoms with Crippen LogP contribution in [0.1, 0.15) is 35.4 Å². The molecule has 0 spiro atoms. The maximum absolute atomic E-state index is 13.7. The Hall–Kier alpha value is -6.87. The van der Waals surface area contributed by atoms with Crippen molar-refractivity contribution in [2.75, 3.05) is 36.8 Å².